The number of ether oxygens (including phenoxy) is 2. The summed E-state index contributed by atoms with van der Waals surface area (Å²) in [5.74, 6) is -1.53. The molecule has 3 amide bonds. The fourth-order valence-corrected chi connectivity index (χ4v) is 6.18. The summed E-state index contributed by atoms with van der Waals surface area (Å²) in [6.45, 7) is 10.8. The molecule has 3 aromatic carbocycles. The Morgan fingerprint density at radius 3 is 2.04 bits per heavy atom. The van der Waals surface area contributed by atoms with Gasteiger partial charge in [-0.05, 0) is 108 Å². The Labute approximate surface area is 291 Å². The van der Waals surface area contributed by atoms with Gasteiger partial charge in [-0.1, -0.05) is 36.4 Å². The first-order chi connectivity index (χ1) is 23.5. The first kappa shape index (κ1) is 35.9. The van der Waals surface area contributed by atoms with Gasteiger partial charge in [-0.2, -0.15) is 0 Å². The number of carbonyl (C=O) groups is 4. The van der Waals surface area contributed by atoms with Gasteiger partial charge in [0.1, 0.15) is 22.7 Å². The Morgan fingerprint density at radius 1 is 0.780 bits per heavy atom. The van der Waals surface area contributed by atoms with Crippen LogP contribution in [0.3, 0.4) is 0 Å². The van der Waals surface area contributed by atoms with Crippen LogP contribution in [0.4, 0.5) is 9.59 Å². The second kappa shape index (κ2) is 14.2. The number of carbonyl (C=O) groups excluding carboxylic acids is 3. The molecule has 0 atom stereocenters. The minimum absolute atomic E-state index is 0.0535. The summed E-state index contributed by atoms with van der Waals surface area (Å²) in [6.07, 6.45) is 1.47. The van der Waals surface area contributed by atoms with E-state index in [0.29, 0.717) is 48.0 Å². The van der Waals surface area contributed by atoms with E-state index in [9.17, 15) is 24.3 Å². The maximum atomic E-state index is 14.0. The predicted octanol–water partition coefficient (Wildman–Crippen LogP) is 6.96. The van der Waals surface area contributed by atoms with Gasteiger partial charge in [0, 0.05) is 35.1 Å². The van der Waals surface area contributed by atoms with E-state index in [1.165, 1.54) is 0 Å². The van der Waals surface area contributed by atoms with Crippen LogP contribution in [0.1, 0.15) is 99.2 Å². The number of alkyl carbamates (subject to hydrolysis) is 2. The van der Waals surface area contributed by atoms with Crippen LogP contribution in [0.2, 0.25) is 0 Å². The van der Waals surface area contributed by atoms with E-state index < -0.39 is 29.4 Å². The molecule has 0 spiro atoms. The smallest absolute Gasteiger partial charge is 0.413 e. The number of carboxylic acid groups (broad SMARTS) is 1. The fraction of sp³-hybridized carbons (Fsp3) is 0.395. The molecule has 264 valence electrons. The minimum atomic E-state index is -1.06. The highest BCUT2D eigenvalue weighted by Crippen LogP contribution is 2.28. The third-order valence-electron chi connectivity index (χ3n) is 8.36. The van der Waals surface area contributed by atoms with Crippen molar-refractivity contribution >= 4 is 51.6 Å². The summed E-state index contributed by atoms with van der Waals surface area (Å²) < 4.78 is 12.5. The Hall–Kier alpha value is -5.39. The second-order valence-electron chi connectivity index (χ2n) is 14.7. The molecule has 1 aromatic heterocycles. The molecule has 12 nitrogen and oxygen atoms in total. The van der Waals surface area contributed by atoms with Crippen LogP contribution in [0.15, 0.2) is 60.7 Å². The lowest BCUT2D eigenvalue weighted by Crippen LogP contribution is -2.45. The summed E-state index contributed by atoms with van der Waals surface area (Å²) in [5, 5.41) is 29.4. The molecule has 50 heavy (non-hydrogen) atoms. The number of hydrogen-bond donors (Lipinski definition) is 5. The topological polar surface area (TPSA) is 172 Å². The molecule has 1 heterocycles. The SMILES string of the molecule is CC(C)(C)OC(=O)NC(=N)c1ccc2cc(C(=O)NC3CCC(NC(=O)OC(C)(C)C)CC3)n(Cc3cc(C(=O)O)cc4ccccc34)c2c1. The lowest BCUT2D eigenvalue weighted by molar-refractivity contribution is 0.0486. The molecular weight excluding hydrogens is 638 g/mol. The first-order valence-corrected chi connectivity index (χ1v) is 16.7. The van der Waals surface area contributed by atoms with Crippen LogP contribution < -0.4 is 16.0 Å². The van der Waals surface area contributed by atoms with Gasteiger partial charge in [0.25, 0.3) is 5.91 Å². The van der Waals surface area contributed by atoms with Gasteiger partial charge in [-0.15, -0.1) is 0 Å². The van der Waals surface area contributed by atoms with Crippen LogP contribution in [0, 0.1) is 5.41 Å². The zero-order valence-corrected chi connectivity index (χ0v) is 29.3. The van der Waals surface area contributed by atoms with Crippen molar-refractivity contribution in [3.05, 3.63) is 83.0 Å². The maximum Gasteiger partial charge on any atom is 0.413 e. The highest BCUT2D eigenvalue weighted by molar-refractivity contribution is 6.07. The Morgan fingerprint density at radius 2 is 1.40 bits per heavy atom. The summed E-state index contributed by atoms with van der Waals surface area (Å²) >= 11 is 0. The van der Waals surface area contributed by atoms with E-state index in [2.05, 4.69) is 16.0 Å². The van der Waals surface area contributed by atoms with Crippen molar-refractivity contribution in [3.63, 3.8) is 0 Å². The van der Waals surface area contributed by atoms with Crippen molar-refractivity contribution in [2.45, 2.75) is 97.1 Å². The summed E-state index contributed by atoms with van der Waals surface area (Å²) in [6, 6.07) is 17.5. The van der Waals surface area contributed by atoms with Gasteiger partial charge in [0.15, 0.2) is 0 Å². The zero-order valence-electron chi connectivity index (χ0n) is 29.3. The van der Waals surface area contributed by atoms with Crippen molar-refractivity contribution in [2.75, 3.05) is 0 Å². The normalized spacial score (nSPS) is 16.4. The minimum Gasteiger partial charge on any atom is -0.478 e. The number of nitrogens with one attached hydrogen (secondary N) is 4. The van der Waals surface area contributed by atoms with Gasteiger partial charge in [-0.25, -0.2) is 14.4 Å². The number of rotatable bonds is 7. The van der Waals surface area contributed by atoms with Crippen molar-refractivity contribution in [3.8, 4) is 0 Å². The second-order valence-corrected chi connectivity index (χ2v) is 14.7. The number of amides is 3. The van der Waals surface area contributed by atoms with Crippen molar-refractivity contribution < 1.29 is 33.8 Å². The summed E-state index contributed by atoms with van der Waals surface area (Å²) in [7, 11) is 0. The number of fused-ring (bicyclic) bond motifs is 2. The third kappa shape index (κ3) is 8.99. The predicted molar refractivity (Wildman–Crippen MR) is 191 cm³/mol. The van der Waals surface area contributed by atoms with E-state index in [4.69, 9.17) is 14.9 Å². The average Bonchev–Trinajstić information content (AvgIpc) is 3.37. The number of hydrogen-bond acceptors (Lipinski definition) is 7. The molecule has 1 saturated carbocycles. The lowest BCUT2D eigenvalue weighted by Gasteiger charge is -2.30. The standard InChI is InChI=1S/C38H45N5O7/c1-37(2,3)49-35(47)41-28-15-13-27(14-16-28)40-33(44)31-19-23-11-12-24(32(39)42-36(48)50-38(4,5)6)20-30(23)43(31)21-26-18-25(34(45)46)17-22-9-7-8-10-29(22)26/h7-12,17-20,27-28H,13-16,21H2,1-6H3,(H,40,44)(H,41,47)(H,45,46)(H2,39,42,48). The molecule has 4 aromatic rings. The molecule has 0 bridgehead atoms. The third-order valence-corrected chi connectivity index (χ3v) is 8.36. The number of aromatic nitrogens is 1. The molecule has 5 N–H and O–H groups in total. The Kier molecular flexibility index (Phi) is 10.2. The molecule has 1 fully saturated rings. The van der Waals surface area contributed by atoms with Crippen LogP contribution >= 0.6 is 0 Å². The summed E-state index contributed by atoms with van der Waals surface area (Å²) in [5.41, 5.74) is 0.877. The van der Waals surface area contributed by atoms with Gasteiger partial charge in [0.05, 0.1) is 5.56 Å². The Bertz CT molecular complexity index is 1960. The molecule has 0 saturated heterocycles. The monoisotopic (exact) mass is 683 g/mol. The highest BCUT2D eigenvalue weighted by Gasteiger charge is 2.27. The molecule has 5 rings (SSSR count). The molecule has 1 aliphatic rings. The molecule has 0 radical (unpaired) electrons. The number of amidine groups is 1. The lowest BCUT2D eigenvalue weighted by atomic mass is 9.91. The van der Waals surface area contributed by atoms with Crippen molar-refractivity contribution in [1.29, 1.82) is 5.41 Å². The zero-order chi connectivity index (χ0) is 36.4. The maximum absolute atomic E-state index is 14.0. The van der Waals surface area contributed by atoms with E-state index in [0.717, 1.165) is 16.2 Å². The number of nitrogens with zero attached hydrogens (tertiary/aromatic N) is 1. The van der Waals surface area contributed by atoms with Gasteiger partial charge >= 0.3 is 18.2 Å². The fourth-order valence-electron chi connectivity index (χ4n) is 6.18. The van der Waals surface area contributed by atoms with Crippen LogP contribution in [0.25, 0.3) is 21.7 Å². The molecule has 0 aliphatic heterocycles. The number of aromatic carboxylic acids is 1. The van der Waals surface area contributed by atoms with Crippen molar-refractivity contribution in [1.82, 2.24) is 20.5 Å². The summed E-state index contributed by atoms with van der Waals surface area (Å²) in [4.78, 5) is 50.8. The van der Waals surface area contributed by atoms with Gasteiger partial charge in [0.2, 0.25) is 0 Å². The largest absolute Gasteiger partial charge is 0.478 e. The van der Waals surface area contributed by atoms with E-state index >= 15 is 0 Å². The quantitative estimate of drug-likeness (QED) is 0.104. The van der Waals surface area contributed by atoms with Crippen LogP contribution in [-0.4, -0.2) is 62.9 Å². The molecular formula is C38H45N5O7. The highest BCUT2D eigenvalue weighted by atomic mass is 16.6. The first-order valence-electron chi connectivity index (χ1n) is 16.7. The Balaban J connectivity index is 1.45. The molecule has 1 aliphatic carbocycles. The molecule has 0 unspecified atom stereocenters. The van der Waals surface area contributed by atoms with E-state index in [-0.39, 0.29) is 35.9 Å². The number of carboxylic acids is 1. The van der Waals surface area contributed by atoms with Crippen LogP contribution in [-0.2, 0) is 16.0 Å². The van der Waals surface area contributed by atoms with Crippen LogP contribution in [0.5, 0.6) is 0 Å². The van der Waals surface area contributed by atoms with Gasteiger partial charge < -0.3 is 29.8 Å². The van der Waals surface area contributed by atoms with Gasteiger partial charge in [-0.3, -0.25) is 15.5 Å². The van der Waals surface area contributed by atoms with E-state index in [1.54, 1.807) is 57.2 Å². The van der Waals surface area contributed by atoms with E-state index in [1.807, 2.05) is 49.6 Å². The number of benzene rings is 3. The average molecular weight is 684 g/mol. The molecule has 12 heteroatoms. The van der Waals surface area contributed by atoms with Crippen molar-refractivity contribution in [2.24, 2.45) is 0 Å².